The second-order valence-corrected chi connectivity index (χ2v) is 5.82. The molecule has 1 unspecified atom stereocenters. The summed E-state index contributed by atoms with van der Waals surface area (Å²) in [5.74, 6) is 0.547. The molecule has 3 rings (SSSR count). The molecule has 1 atom stereocenters. The first kappa shape index (κ1) is 14.9. The van der Waals surface area contributed by atoms with Crippen LogP contribution in [-0.2, 0) is 9.47 Å². The lowest BCUT2D eigenvalue weighted by Gasteiger charge is -2.16. The molecule has 0 saturated carbocycles. The van der Waals surface area contributed by atoms with Gasteiger partial charge in [0.15, 0.2) is 5.79 Å². The van der Waals surface area contributed by atoms with Crippen molar-refractivity contribution >= 4 is 5.82 Å². The van der Waals surface area contributed by atoms with Gasteiger partial charge in [-0.25, -0.2) is 4.68 Å². The Bertz CT molecular complexity index is 652. The topological polar surface area (TPSA) is 71.5 Å². The minimum Gasteiger partial charge on any atom is -0.473 e. The highest BCUT2D eigenvalue weighted by atomic mass is 16.7. The van der Waals surface area contributed by atoms with Crippen LogP contribution in [0.3, 0.4) is 0 Å². The molecular formula is C16H21N3O3. The predicted octanol–water partition coefficient (Wildman–Crippen LogP) is 2.29. The Kier molecular flexibility index (Phi) is 3.80. The van der Waals surface area contributed by atoms with Crippen molar-refractivity contribution < 1.29 is 14.2 Å². The van der Waals surface area contributed by atoms with Crippen LogP contribution in [0.25, 0.3) is 5.69 Å². The quantitative estimate of drug-likeness (QED) is 0.938. The Balaban J connectivity index is 1.73. The molecule has 22 heavy (non-hydrogen) atoms. The highest BCUT2D eigenvalue weighted by Crippen LogP contribution is 2.27. The van der Waals surface area contributed by atoms with Crippen LogP contribution in [0.1, 0.15) is 19.4 Å². The second kappa shape index (κ2) is 5.62. The van der Waals surface area contributed by atoms with Crippen LogP contribution in [0.15, 0.2) is 30.3 Å². The van der Waals surface area contributed by atoms with Gasteiger partial charge in [0.1, 0.15) is 18.5 Å². The van der Waals surface area contributed by atoms with Crippen molar-refractivity contribution in [3.8, 4) is 11.6 Å². The first-order chi connectivity index (χ1) is 10.5. The van der Waals surface area contributed by atoms with Gasteiger partial charge >= 0.3 is 0 Å². The third-order valence-corrected chi connectivity index (χ3v) is 3.60. The molecule has 2 heterocycles. The van der Waals surface area contributed by atoms with Gasteiger partial charge in [-0.1, -0.05) is 18.2 Å². The van der Waals surface area contributed by atoms with Crippen LogP contribution in [0.4, 0.5) is 5.82 Å². The van der Waals surface area contributed by atoms with E-state index in [2.05, 4.69) is 5.10 Å². The normalized spacial score (nSPS) is 20.2. The molecule has 1 aromatic carbocycles. The number of anilines is 1. The standard InChI is InChI=1S/C16H21N3O3/c1-11-14(17)19(12-7-5-4-6-8-12)18-15(11)20-9-13-10-21-16(2,3)22-13/h4-8,13H,9-10,17H2,1-3H3. The second-order valence-electron chi connectivity index (χ2n) is 5.82. The Hall–Kier alpha value is -2.05. The summed E-state index contributed by atoms with van der Waals surface area (Å²) in [6.07, 6.45) is -0.0995. The SMILES string of the molecule is Cc1c(OCC2COC(C)(C)O2)nn(-c2ccccc2)c1N. The molecule has 2 aromatic rings. The molecule has 0 aliphatic carbocycles. The van der Waals surface area contributed by atoms with Gasteiger partial charge in [0.05, 0.1) is 17.9 Å². The van der Waals surface area contributed by atoms with Gasteiger partial charge < -0.3 is 19.9 Å². The van der Waals surface area contributed by atoms with Gasteiger partial charge in [0, 0.05) is 0 Å². The summed E-state index contributed by atoms with van der Waals surface area (Å²) >= 11 is 0. The van der Waals surface area contributed by atoms with E-state index in [1.807, 2.05) is 51.1 Å². The zero-order chi connectivity index (χ0) is 15.7. The molecule has 6 heteroatoms. The van der Waals surface area contributed by atoms with Crippen LogP contribution >= 0.6 is 0 Å². The van der Waals surface area contributed by atoms with E-state index in [9.17, 15) is 0 Å². The van der Waals surface area contributed by atoms with E-state index in [0.717, 1.165) is 11.3 Å². The van der Waals surface area contributed by atoms with Crippen LogP contribution in [0, 0.1) is 6.92 Å². The molecule has 1 aliphatic rings. The number of ether oxygens (including phenoxy) is 3. The molecule has 2 N–H and O–H groups in total. The van der Waals surface area contributed by atoms with Gasteiger partial charge in [-0.15, -0.1) is 5.10 Å². The van der Waals surface area contributed by atoms with Gasteiger partial charge in [-0.2, -0.15) is 0 Å². The van der Waals surface area contributed by atoms with Crippen molar-refractivity contribution in [2.75, 3.05) is 18.9 Å². The lowest BCUT2D eigenvalue weighted by atomic mass is 10.3. The molecule has 118 valence electrons. The van der Waals surface area contributed by atoms with E-state index in [4.69, 9.17) is 19.9 Å². The number of benzene rings is 1. The Morgan fingerprint density at radius 3 is 2.73 bits per heavy atom. The summed E-state index contributed by atoms with van der Waals surface area (Å²) in [5, 5.41) is 4.45. The third-order valence-electron chi connectivity index (χ3n) is 3.60. The molecule has 0 spiro atoms. The molecule has 1 saturated heterocycles. The summed E-state index contributed by atoms with van der Waals surface area (Å²) in [7, 11) is 0. The molecule has 0 amide bonds. The summed E-state index contributed by atoms with van der Waals surface area (Å²) in [4.78, 5) is 0. The predicted molar refractivity (Wildman–Crippen MR) is 83.1 cm³/mol. The molecule has 1 aliphatic heterocycles. The maximum absolute atomic E-state index is 6.13. The average molecular weight is 303 g/mol. The maximum atomic E-state index is 6.13. The van der Waals surface area contributed by atoms with Gasteiger partial charge in [0.2, 0.25) is 5.88 Å². The first-order valence-corrected chi connectivity index (χ1v) is 7.31. The van der Waals surface area contributed by atoms with E-state index >= 15 is 0 Å². The zero-order valence-electron chi connectivity index (χ0n) is 13.1. The number of hydrogen-bond acceptors (Lipinski definition) is 5. The number of nitrogen functional groups attached to an aromatic ring is 1. The molecule has 6 nitrogen and oxygen atoms in total. The number of hydrogen-bond donors (Lipinski definition) is 1. The number of nitrogens with two attached hydrogens (primary N) is 1. The Morgan fingerprint density at radius 1 is 1.36 bits per heavy atom. The fourth-order valence-corrected chi connectivity index (χ4v) is 2.41. The number of rotatable bonds is 4. The van der Waals surface area contributed by atoms with Crippen molar-refractivity contribution in [3.05, 3.63) is 35.9 Å². The highest BCUT2D eigenvalue weighted by Gasteiger charge is 2.33. The molecule has 1 fully saturated rings. The van der Waals surface area contributed by atoms with E-state index in [1.54, 1.807) is 4.68 Å². The van der Waals surface area contributed by atoms with Crippen LogP contribution < -0.4 is 10.5 Å². The highest BCUT2D eigenvalue weighted by molar-refractivity contribution is 5.51. The van der Waals surface area contributed by atoms with E-state index in [1.165, 1.54) is 0 Å². The lowest BCUT2D eigenvalue weighted by molar-refractivity contribution is -0.141. The largest absolute Gasteiger partial charge is 0.473 e. The lowest BCUT2D eigenvalue weighted by Crippen LogP contribution is -2.25. The van der Waals surface area contributed by atoms with Gasteiger partial charge in [0.25, 0.3) is 0 Å². The smallest absolute Gasteiger partial charge is 0.238 e. The summed E-state index contributed by atoms with van der Waals surface area (Å²) in [5.41, 5.74) is 7.85. The molecule has 0 bridgehead atoms. The molecule has 0 radical (unpaired) electrons. The van der Waals surface area contributed by atoms with Crippen molar-refractivity contribution in [1.82, 2.24) is 9.78 Å². The van der Waals surface area contributed by atoms with Crippen molar-refractivity contribution in [2.45, 2.75) is 32.7 Å². The minimum atomic E-state index is -0.550. The fourth-order valence-electron chi connectivity index (χ4n) is 2.41. The van der Waals surface area contributed by atoms with Gasteiger partial charge in [-0.05, 0) is 32.9 Å². The van der Waals surface area contributed by atoms with Crippen LogP contribution in [-0.4, -0.2) is 34.9 Å². The van der Waals surface area contributed by atoms with E-state index in [0.29, 0.717) is 24.9 Å². The monoisotopic (exact) mass is 303 g/mol. The van der Waals surface area contributed by atoms with Gasteiger partial charge in [-0.3, -0.25) is 0 Å². The average Bonchev–Trinajstić information content (AvgIpc) is 2.99. The fraction of sp³-hybridized carbons (Fsp3) is 0.438. The zero-order valence-corrected chi connectivity index (χ0v) is 13.1. The third kappa shape index (κ3) is 2.93. The molecule has 1 aromatic heterocycles. The van der Waals surface area contributed by atoms with E-state index in [-0.39, 0.29) is 6.10 Å². The van der Waals surface area contributed by atoms with Crippen LogP contribution in [0.5, 0.6) is 5.88 Å². The Morgan fingerprint density at radius 2 is 2.09 bits per heavy atom. The summed E-state index contributed by atoms with van der Waals surface area (Å²) < 4.78 is 18.7. The van der Waals surface area contributed by atoms with Crippen molar-refractivity contribution in [3.63, 3.8) is 0 Å². The number of nitrogens with zero attached hydrogens (tertiary/aromatic N) is 2. The minimum absolute atomic E-state index is 0.0995. The first-order valence-electron chi connectivity index (χ1n) is 7.31. The van der Waals surface area contributed by atoms with Crippen molar-refractivity contribution in [1.29, 1.82) is 0 Å². The maximum Gasteiger partial charge on any atom is 0.238 e. The molecular weight excluding hydrogens is 282 g/mol. The Labute approximate surface area is 129 Å². The summed E-state index contributed by atoms with van der Waals surface area (Å²) in [6, 6.07) is 9.73. The van der Waals surface area contributed by atoms with Crippen LogP contribution in [0.2, 0.25) is 0 Å². The number of aromatic nitrogens is 2. The summed E-state index contributed by atoms with van der Waals surface area (Å²) in [6.45, 7) is 6.57. The number of para-hydroxylation sites is 1. The van der Waals surface area contributed by atoms with E-state index < -0.39 is 5.79 Å². The van der Waals surface area contributed by atoms with Crippen molar-refractivity contribution in [2.24, 2.45) is 0 Å².